The van der Waals surface area contributed by atoms with Gasteiger partial charge in [0, 0.05) is 24.3 Å². The molecule has 47 heavy (non-hydrogen) atoms. The van der Waals surface area contributed by atoms with Gasteiger partial charge < -0.3 is 20.2 Å². The van der Waals surface area contributed by atoms with Crippen LogP contribution in [0.15, 0.2) is 22.3 Å². The van der Waals surface area contributed by atoms with E-state index in [-0.39, 0.29) is 6.61 Å². The number of hydrogen-bond donors (Lipinski definition) is 3. The molecule has 0 aromatic carbocycles. The molecule has 0 heterocycles. The molecular formula is C41H77NO5. The van der Waals surface area contributed by atoms with Gasteiger partial charge in [-0.25, -0.2) is 9.59 Å². The summed E-state index contributed by atoms with van der Waals surface area (Å²) < 4.78 is 0. The van der Waals surface area contributed by atoms with Gasteiger partial charge in [0.1, 0.15) is 0 Å². The van der Waals surface area contributed by atoms with Crippen LogP contribution in [0.4, 0.5) is 0 Å². The van der Waals surface area contributed by atoms with Crippen LogP contribution in [0.1, 0.15) is 201 Å². The van der Waals surface area contributed by atoms with E-state index in [9.17, 15) is 24.9 Å². The third kappa shape index (κ3) is 25.0. The summed E-state index contributed by atoms with van der Waals surface area (Å²) in [7, 11) is 0. The van der Waals surface area contributed by atoms with Gasteiger partial charge in [-0.05, 0) is 96.6 Å². The molecule has 0 spiro atoms. The fourth-order valence-electron chi connectivity index (χ4n) is 6.82. The normalized spacial score (nSPS) is 12.8. The van der Waals surface area contributed by atoms with Crippen molar-refractivity contribution in [2.75, 3.05) is 26.2 Å². The lowest BCUT2D eigenvalue weighted by atomic mass is 9.93. The second-order valence-corrected chi connectivity index (χ2v) is 13.9. The molecule has 3 N–H and O–H groups in total. The number of rotatable bonds is 35. The number of aliphatic carboxylic acids is 2. The van der Waals surface area contributed by atoms with Gasteiger partial charge >= 0.3 is 11.9 Å². The molecule has 0 saturated heterocycles. The van der Waals surface area contributed by atoms with E-state index in [1.807, 2.05) is 0 Å². The van der Waals surface area contributed by atoms with Crippen LogP contribution in [-0.2, 0) is 9.59 Å². The lowest BCUT2D eigenvalue weighted by Crippen LogP contribution is -2.28. The smallest absolute Gasteiger partial charge is 0.331 e. The molecule has 0 atom stereocenters. The number of aliphatic hydroxyl groups is 1. The van der Waals surface area contributed by atoms with Crippen LogP contribution in [0.2, 0.25) is 0 Å². The first kappa shape index (κ1) is 45.3. The maximum atomic E-state index is 12.2. The molecule has 6 nitrogen and oxygen atoms in total. The first-order valence-corrected chi connectivity index (χ1v) is 20.1. The highest BCUT2D eigenvalue weighted by Crippen LogP contribution is 2.25. The fourth-order valence-corrected chi connectivity index (χ4v) is 6.82. The first-order valence-electron chi connectivity index (χ1n) is 20.1. The zero-order valence-corrected chi connectivity index (χ0v) is 31.5. The molecule has 0 unspecified atom stereocenters. The van der Waals surface area contributed by atoms with E-state index < -0.39 is 11.9 Å². The summed E-state index contributed by atoms with van der Waals surface area (Å²) in [6, 6.07) is 0. The number of nitrogens with zero attached hydrogens (tertiary/aromatic N) is 1. The molecule has 0 rings (SSSR count). The van der Waals surface area contributed by atoms with E-state index in [0.29, 0.717) is 24.0 Å². The molecule has 0 aliphatic carbocycles. The topological polar surface area (TPSA) is 98.1 Å². The van der Waals surface area contributed by atoms with Crippen molar-refractivity contribution >= 4 is 11.9 Å². The van der Waals surface area contributed by atoms with Gasteiger partial charge in [0.2, 0.25) is 0 Å². The SMILES string of the molecule is CCCCCCCC/C(CCC)=C(\CCCCCN(CCCO)CCCCC/C(C(=O)O)=C(/CCC)CCCCCCCC)C(=O)O. The highest BCUT2D eigenvalue weighted by molar-refractivity contribution is 5.88. The van der Waals surface area contributed by atoms with E-state index in [4.69, 9.17) is 0 Å². The summed E-state index contributed by atoms with van der Waals surface area (Å²) in [4.78, 5) is 26.8. The van der Waals surface area contributed by atoms with Gasteiger partial charge in [-0.2, -0.15) is 0 Å². The number of hydrogen-bond acceptors (Lipinski definition) is 4. The zero-order valence-electron chi connectivity index (χ0n) is 31.5. The van der Waals surface area contributed by atoms with E-state index in [1.54, 1.807) is 0 Å². The van der Waals surface area contributed by atoms with Crippen molar-refractivity contribution in [2.45, 2.75) is 201 Å². The Bertz CT molecular complexity index is 770. The fraction of sp³-hybridized carbons (Fsp3) is 0.854. The molecule has 0 radical (unpaired) electrons. The minimum absolute atomic E-state index is 0.188. The van der Waals surface area contributed by atoms with Crippen molar-refractivity contribution in [3.63, 3.8) is 0 Å². The Morgan fingerprint density at radius 1 is 0.404 bits per heavy atom. The molecule has 0 fully saturated rings. The predicted octanol–water partition coefficient (Wildman–Crippen LogP) is 11.7. The van der Waals surface area contributed by atoms with Crippen molar-refractivity contribution < 1.29 is 24.9 Å². The Morgan fingerprint density at radius 2 is 0.745 bits per heavy atom. The van der Waals surface area contributed by atoms with Crippen LogP contribution < -0.4 is 0 Å². The molecule has 6 heteroatoms. The molecule has 0 aliphatic rings. The number of carbonyl (C=O) groups is 2. The Labute approximate surface area is 290 Å². The summed E-state index contributed by atoms with van der Waals surface area (Å²) in [5.74, 6) is -1.46. The van der Waals surface area contributed by atoms with Gasteiger partial charge in [0.15, 0.2) is 0 Å². The van der Waals surface area contributed by atoms with Crippen LogP contribution in [0, 0.1) is 0 Å². The number of carboxylic acid groups (broad SMARTS) is 2. The first-order chi connectivity index (χ1) is 22.9. The van der Waals surface area contributed by atoms with Crippen LogP contribution in [0.3, 0.4) is 0 Å². The van der Waals surface area contributed by atoms with E-state index >= 15 is 0 Å². The quantitative estimate of drug-likeness (QED) is 0.0461. The molecule has 0 aromatic rings. The monoisotopic (exact) mass is 664 g/mol. The molecule has 0 saturated carbocycles. The van der Waals surface area contributed by atoms with E-state index in [1.165, 1.54) is 75.4 Å². The van der Waals surface area contributed by atoms with Gasteiger partial charge in [-0.1, -0.05) is 129 Å². The minimum atomic E-state index is -0.728. The van der Waals surface area contributed by atoms with E-state index in [0.717, 1.165) is 116 Å². The minimum Gasteiger partial charge on any atom is -0.478 e. The van der Waals surface area contributed by atoms with Gasteiger partial charge in [0.25, 0.3) is 0 Å². The van der Waals surface area contributed by atoms with Crippen molar-refractivity contribution in [1.82, 2.24) is 4.90 Å². The van der Waals surface area contributed by atoms with Gasteiger partial charge in [0.05, 0.1) is 0 Å². The Hall–Kier alpha value is -1.66. The lowest BCUT2D eigenvalue weighted by Gasteiger charge is -2.22. The molecule has 0 aliphatic heterocycles. The number of unbranched alkanes of at least 4 members (excludes halogenated alkanes) is 14. The number of aliphatic hydroxyl groups excluding tert-OH is 1. The van der Waals surface area contributed by atoms with Crippen LogP contribution >= 0.6 is 0 Å². The third-order valence-corrected chi connectivity index (χ3v) is 9.57. The standard InChI is InChI=1S/C41H77NO5/c1-5-9-11-13-15-19-28-36(26-7-3)38(40(44)45)30-21-17-23-32-42(34-25-35-43)33-24-18-22-31-39(41(46)47)37(27-8-4)29-20-16-14-12-10-6-2/h43H,5-35H2,1-4H3,(H,44,45)(H,46,47)/b38-36+,39-37+. The molecule has 276 valence electrons. The van der Waals surface area contributed by atoms with Gasteiger partial charge in [-0.15, -0.1) is 0 Å². The predicted molar refractivity (Wildman–Crippen MR) is 200 cm³/mol. The van der Waals surface area contributed by atoms with Crippen LogP contribution in [-0.4, -0.2) is 58.4 Å². The summed E-state index contributed by atoms with van der Waals surface area (Å²) in [5, 5.41) is 29.4. The number of carboxylic acids is 2. The Kier molecular flexibility index (Phi) is 31.7. The largest absolute Gasteiger partial charge is 0.478 e. The van der Waals surface area contributed by atoms with Crippen LogP contribution in [0.5, 0.6) is 0 Å². The second-order valence-electron chi connectivity index (χ2n) is 13.9. The maximum absolute atomic E-state index is 12.2. The van der Waals surface area contributed by atoms with Crippen molar-refractivity contribution in [3.05, 3.63) is 22.3 Å². The van der Waals surface area contributed by atoms with Crippen LogP contribution in [0.25, 0.3) is 0 Å². The van der Waals surface area contributed by atoms with Crippen molar-refractivity contribution in [1.29, 1.82) is 0 Å². The summed E-state index contributed by atoms with van der Waals surface area (Å²) in [6.07, 6.45) is 28.4. The van der Waals surface area contributed by atoms with Crippen molar-refractivity contribution in [3.8, 4) is 0 Å². The third-order valence-electron chi connectivity index (χ3n) is 9.57. The Balaban J connectivity index is 4.79. The average Bonchev–Trinajstić information content (AvgIpc) is 3.04. The molecule has 0 amide bonds. The molecule has 0 aromatic heterocycles. The maximum Gasteiger partial charge on any atom is 0.331 e. The summed E-state index contributed by atoms with van der Waals surface area (Å²) in [6.45, 7) is 11.7. The zero-order chi connectivity index (χ0) is 35.0. The lowest BCUT2D eigenvalue weighted by molar-refractivity contribution is -0.133. The molecule has 0 bridgehead atoms. The van der Waals surface area contributed by atoms with Gasteiger partial charge in [-0.3, -0.25) is 0 Å². The molecular weight excluding hydrogens is 586 g/mol. The summed E-state index contributed by atoms with van der Waals surface area (Å²) in [5.41, 5.74) is 3.68. The highest BCUT2D eigenvalue weighted by atomic mass is 16.4. The second kappa shape index (κ2) is 32.9. The average molecular weight is 664 g/mol. The summed E-state index contributed by atoms with van der Waals surface area (Å²) >= 11 is 0. The van der Waals surface area contributed by atoms with Crippen molar-refractivity contribution in [2.24, 2.45) is 0 Å². The van der Waals surface area contributed by atoms with E-state index in [2.05, 4.69) is 32.6 Å². The Morgan fingerprint density at radius 3 is 1.11 bits per heavy atom. The number of allylic oxidation sites excluding steroid dienone is 2. The highest BCUT2D eigenvalue weighted by Gasteiger charge is 2.15.